The van der Waals surface area contributed by atoms with Gasteiger partial charge in [0.15, 0.2) is 0 Å². The molecule has 0 unspecified atom stereocenters. The first-order valence-electron chi connectivity index (χ1n) is 8.03. The van der Waals surface area contributed by atoms with Gasteiger partial charge in [0.25, 0.3) is 5.91 Å². The van der Waals surface area contributed by atoms with Crippen LogP contribution in [0, 0.1) is 0 Å². The Labute approximate surface area is 131 Å². The lowest BCUT2D eigenvalue weighted by atomic mass is 10.1. The van der Waals surface area contributed by atoms with E-state index in [1.807, 2.05) is 34.1 Å². The minimum Gasteiger partial charge on any atom is -0.338 e. The van der Waals surface area contributed by atoms with Crippen LogP contribution in [0.15, 0.2) is 24.3 Å². The van der Waals surface area contributed by atoms with Gasteiger partial charge in [0.05, 0.1) is 0 Å². The molecule has 0 aromatic heterocycles. The van der Waals surface area contributed by atoms with E-state index in [2.05, 4.69) is 12.2 Å². The summed E-state index contributed by atoms with van der Waals surface area (Å²) in [5.41, 5.74) is 1.75. The van der Waals surface area contributed by atoms with Gasteiger partial charge in [-0.25, -0.2) is 0 Å². The number of piperazine rings is 1. The first-order valence-corrected chi connectivity index (χ1v) is 8.03. The second kappa shape index (κ2) is 6.48. The zero-order valence-electron chi connectivity index (χ0n) is 13.0. The lowest BCUT2D eigenvalue weighted by Gasteiger charge is -2.32. The highest BCUT2D eigenvalue weighted by molar-refractivity contribution is 5.94. The van der Waals surface area contributed by atoms with E-state index < -0.39 is 0 Å². The summed E-state index contributed by atoms with van der Waals surface area (Å²) < 4.78 is 0. The van der Waals surface area contributed by atoms with Gasteiger partial charge in [0.1, 0.15) is 0 Å². The summed E-state index contributed by atoms with van der Waals surface area (Å²) in [6, 6.07) is 8.03. The fourth-order valence-corrected chi connectivity index (χ4v) is 3.19. The quantitative estimate of drug-likeness (QED) is 0.914. The van der Waals surface area contributed by atoms with Gasteiger partial charge in [-0.05, 0) is 31.0 Å². The van der Waals surface area contributed by atoms with Crippen LogP contribution in [0.4, 0.5) is 0 Å². The highest BCUT2D eigenvalue weighted by Gasteiger charge is 2.23. The molecule has 5 nitrogen and oxygen atoms in total. The molecule has 2 heterocycles. The van der Waals surface area contributed by atoms with E-state index in [0.29, 0.717) is 19.0 Å². The largest absolute Gasteiger partial charge is 0.338 e. The van der Waals surface area contributed by atoms with E-state index in [0.717, 1.165) is 43.7 Å². The summed E-state index contributed by atoms with van der Waals surface area (Å²) in [7, 11) is 0. The van der Waals surface area contributed by atoms with E-state index >= 15 is 0 Å². The van der Waals surface area contributed by atoms with Crippen molar-refractivity contribution in [3.05, 3.63) is 35.4 Å². The van der Waals surface area contributed by atoms with Crippen LogP contribution < -0.4 is 5.32 Å². The summed E-state index contributed by atoms with van der Waals surface area (Å²) in [4.78, 5) is 28.1. The standard InChI is InChI=1S/C17H23N3O2/c1-13-11-20(9-7-18-13)17(22)15-5-2-4-14(10-15)12-19-8-3-6-16(19)21/h2,4-5,10,13,18H,3,6-9,11-12H2,1H3/t13-/m0/s1. The number of hydrogen-bond acceptors (Lipinski definition) is 3. The van der Waals surface area contributed by atoms with Crippen LogP contribution in [-0.4, -0.2) is 53.8 Å². The Morgan fingerprint density at radius 3 is 2.95 bits per heavy atom. The normalized spacial score (nSPS) is 22.2. The molecule has 22 heavy (non-hydrogen) atoms. The van der Waals surface area contributed by atoms with Crippen molar-refractivity contribution in [1.29, 1.82) is 0 Å². The molecule has 2 saturated heterocycles. The van der Waals surface area contributed by atoms with Crippen molar-refractivity contribution < 1.29 is 9.59 Å². The number of likely N-dealkylation sites (tertiary alicyclic amines) is 1. The molecule has 1 N–H and O–H groups in total. The van der Waals surface area contributed by atoms with Crippen LogP contribution in [0.1, 0.15) is 35.7 Å². The maximum absolute atomic E-state index is 12.6. The Morgan fingerprint density at radius 2 is 2.23 bits per heavy atom. The molecule has 0 saturated carbocycles. The van der Waals surface area contributed by atoms with Gasteiger partial charge in [-0.2, -0.15) is 0 Å². The molecule has 0 radical (unpaired) electrons. The Hall–Kier alpha value is -1.88. The van der Waals surface area contributed by atoms with Gasteiger partial charge in [-0.1, -0.05) is 12.1 Å². The van der Waals surface area contributed by atoms with Crippen LogP contribution in [0.5, 0.6) is 0 Å². The third kappa shape index (κ3) is 3.30. The van der Waals surface area contributed by atoms with E-state index in [-0.39, 0.29) is 11.8 Å². The third-order valence-electron chi connectivity index (χ3n) is 4.37. The Bertz CT molecular complexity index is 573. The number of rotatable bonds is 3. The second-order valence-electron chi connectivity index (χ2n) is 6.23. The average molecular weight is 301 g/mol. The molecular formula is C17H23N3O2. The van der Waals surface area contributed by atoms with Crippen LogP contribution in [-0.2, 0) is 11.3 Å². The van der Waals surface area contributed by atoms with E-state index in [1.165, 1.54) is 0 Å². The monoisotopic (exact) mass is 301 g/mol. The van der Waals surface area contributed by atoms with Crippen LogP contribution >= 0.6 is 0 Å². The molecule has 1 aromatic rings. The molecule has 3 rings (SSSR count). The zero-order chi connectivity index (χ0) is 15.5. The number of hydrogen-bond donors (Lipinski definition) is 1. The molecule has 118 valence electrons. The minimum absolute atomic E-state index is 0.0861. The first-order chi connectivity index (χ1) is 10.6. The summed E-state index contributed by atoms with van der Waals surface area (Å²) in [5, 5.41) is 3.34. The molecule has 2 aliphatic rings. The van der Waals surface area contributed by atoms with Crippen LogP contribution in [0.3, 0.4) is 0 Å². The number of carbonyl (C=O) groups excluding carboxylic acids is 2. The Balaban J connectivity index is 1.70. The Kier molecular flexibility index (Phi) is 4.43. The molecule has 1 atom stereocenters. The van der Waals surface area contributed by atoms with Crippen molar-refractivity contribution in [3.63, 3.8) is 0 Å². The van der Waals surface area contributed by atoms with Crippen molar-refractivity contribution >= 4 is 11.8 Å². The van der Waals surface area contributed by atoms with Crippen LogP contribution in [0.2, 0.25) is 0 Å². The minimum atomic E-state index is 0.0861. The van der Waals surface area contributed by atoms with Gasteiger partial charge in [0.2, 0.25) is 5.91 Å². The number of nitrogens with one attached hydrogen (secondary N) is 1. The highest BCUT2D eigenvalue weighted by Crippen LogP contribution is 2.16. The molecular weight excluding hydrogens is 278 g/mol. The molecule has 5 heteroatoms. The smallest absolute Gasteiger partial charge is 0.253 e. The van der Waals surface area contributed by atoms with E-state index in [9.17, 15) is 9.59 Å². The lowest BCUT2D eigenvalue weighted by Crippen LogP contribution is -2.51. The lowest BCUT2D eigenvalue weighted by molar-refractivity contribution is -0.128. The number of nitrogens with zero attached hydrogens (tertiary/aromatic N) is 2. The molecule has 2 aliphatic heterocycles. The maximum atomic E-state index is 12.6. The summed E-state index contributed by atoms with van der Waals surface area (Å²) in [5.74, 6) is 0.301. The average Bonchev–Trinajstić information content (AvgIpc) is 2.92. The molecule has 0 bridgehead atoms. The van der Waals surface area contributed by atoms with Crippen molar-refractivity contribution in [1.82, 2.24) is 15.1 Å². The number of benzene rings is 1. The van der Waals surface area contributed by atoms with Gasteiger partial charge in [-0.3, -0.25) is 9.59 Å². The number of carbonyl (C=O) groups is 2. The SMILES string of the molecule is C[C@H]1CN(C(=O)c2cccc(CN3CCCC3=O)c2)CCN1. The van der Waals surface area contributed by atoms with Crippen LogP contribution in [0.25, 0.3) is 0 Å². The molecule has 2 fully saturated rings. The number of amides is 2. The Morgan fingerprint density at radius 1 is 1.36 bits per heavy atom. The summed E-state index contributed by atoms with van der Waals surface area (Å²) in [6.45, 7) is 5.86. The summed E-state index contributed by atoms with van der Waals surface area (Å²) in [6.07, 6.45) is 1.59. The second-order valence-corrected chi connectivity index (χ2v) is 6.23. The summed E-state index contributed by atoms with van der Waals surface area (Å²) >= 11 is 0. The van der Waals surface area contributed by atoms with Crippen molar-refractivity contribution in [2.24, 2.45) is 0 Å². The molecule has 1 aromatic carbocycles. The van der Waals surface area contributed by atoms with Gasteiger partial charge < -0.3 is 15.1 Å². The fraction of sp³-hybridized carbons (Fsp3) is 0.529. The van der Waals surface area contributed by atoms with Crippen molar-refractivity contribution in [3.8, 4) is 0 Å². The molecule has 0 aliphatic carbocycles. The highest BCUT2D eigenvalue weighted by atomic mass is 16.2. The third-order valence-corrected chi connectivity index (χ3v) is 4.37. The topological polar surface area (TPSA) is 52.7 Å². The van der Waals surface area contributed by atoms with Gasteiger partial charge >= 0.3 is 0 Å². The van der Waals surface area contributed by atoms with Crippen molar-refractivity contribution in [2.75, 3.05) is 26.2 Å². The predicted octanol–water partition coefficient (Wildman–Crippen LogP) is 1.24. The molecule has 2 amide bonds. The van der Waals surface area contributed by atoms with Gasteiger partial charge in [-0.15, -0.1) is 0 Å². The van der Waals surface area contributed by atoms with Gasteiger partial charge in [0, 0.05) is 50.7 Å². The molecule has 0 spiro atoms. The van der Waals surface area contributed by atoms with E-state index in [1.54, 1.807) is 0 Å². The maximum Gasteiger partial charge on any atom is 0.253 e. The van der Waals surface area contributed by atoms with Crippen molar-refractivity contribution in [2.45, 2.75) is 32.4 Å². The fourth-order valence-electron chi connectivity index (χ4n) is 3.19. The first kappa shape index (κ1) is 15.0. The van der Waals surface area contributed by atoms with E-state index in [4.69, 9.17) is 0 Å². The zero-order valence-corrected chi connectivity index (χ0v) is 13.0. The predicted molar refractivity (Wildman–Crippen MR) is 84.5 cm³/mol.